The third-order valence-electron chi connectivity index (χ3n) is 3.01. The summed E-state index contributed by atoms with van der Waals surface area (Å²) in [6.07, 6.45) is 8.49. The van der Waals surface area contributed by atoms with Crippen LogP contribution in [0.5, 0.6) is 0 Å². The summed E-state index contributed by atoms with van der Waals surface area (Å²) >= 11 is 1.89. The maximum absolute atomic E-state index is 4.37. The van der Waals surface area contributed by atoms with Gasteiger partial charge in [0.05, 0.1) is 0 Å². The second-order valence-electron chi connectivity index (χ2n) is 4.33. The van der Waals surface area contributed by atoms with Gasteiger partial charge >= 0.3 is 0 Å². The van der Waals surface area contributed by atoms with Crippen LogP contribution in [0.25, 0.3) is 0 Å². The monoisotopic (exact) mass is 237 g/mol. The summed E-state index contributed by atoms with van der Waals surface area (Å²) in [5, 5.41) is 3.51. The molecule has 1 aromatic rings. The Morgan fingerprint density at radius 2 is 2.31 bits per heavy atom. The molecule has 1 heterocycles. The van der Waals surface area contributed by atoms with Crippen molar-refractivity contribution in [2.24, 2.45) is 0 Å². The fraction of sp³-hybridized carbons (Fsp3) is 0.667. The number of nitrogens with zero attached hydrogens (tertiary/aromatic N) is 2. The van der Waals surface area contributed by atoms with Gasteiger partial charge in [-0.1, -0.05) is 0 Å². The summed E-state index contributed by atoms with van der Waals surface area (Å²) in [6.45, 7) is 2.22. The zero-order chi connectivity index (χ0) is 11.4. The molecule has 0 aromatic carbocycles. The van der Waals surface area contributed by atoms with Crippen molar-refractivity contribution < 1.29 is 0 Å². The van der Waals surface area contributed by atoms with Crippen molar-refractivity contribution in [3.05, 3.63) is 17.6 Å². The van der Waals surface area contributed by atoms with E-state index in [1.54, 1.807) is 6.33 Å². The molecule has 0 fully saturated rings. The Bertz CT molecular complexity index is 354. The lowest BCUT2D eigenvalue weighted by atomic mass is 10.2. The zero-order valence-electron chi connectivity index (χ0n) is 9.99. The number of aromatic nitrogens is 2. The van der Waals surface area contributed by atoms with E-state index in [0.29, 0.717) is 6.04 Å². The van der Waals surface area contributed by atoms with Gasteiger partial charge in [0, 0.05) is 17.3 Å². The minimum absolute atomic E-state index is 0.493. The van der Waals surface area contributed by atoms with Crippen LogP contribution in [0.15, 0.2) is 6.33 Å². The van der Waals surface area contributed by atoms with E-state index in [-0.39, 0.29) is 0 Å². The Kier molecular flexibility index (Phi) is 4.04. The van der Waals surface area contributed by atoms with Crippen molar-refractivity contribution in [1.29, 1.82) is 0 Å². The minimum atomic E-state index is 0.493. The van der Waals surface area contributed by atoms with Crippen molar-refractivity contribution in [3.8, 4) is 0 Å². The number of rotatable bonds is 5. The van der Waals surface area contributed by atoms with Crippen LogP contribution in [0.4, 0.5) is 5.82 Å². The Hall–Kier alpha value is -0.770. The molecule has 88 valence electrons. The molecule has 0 spiro atoms. The van der Waals surface area contributed by atoms with E-state index in [1.807, 2.05) is 11.8 Å². The van der Waals surface area contributed by atoms with Crippen molar-refractivity contribution in [1.82, 2.24) is 9.97 Å². The first kappa shape index (κ1) is 11.7. The first-order chi connectivity index (χ1) is 7.81. The predicted octanol–water partition coefficient (Wildman–Crippen LogP) is 2.52. The van der Waals surface area contributed by atoms with E-state index in [4.69, 9.17) is 0 Å². The summed E-state index contributed by atoms with van der Waals surface area (Å²) in [4.78, 5) is 8.70. The number of fused-ring (bicyclic) bond motifs is 1. The number of hydrogen-bond acceptors (Lipinski definition) is 4. The normalized spacial score (nSPS) is 15.9. The summed E-state index contributed by atoms with van der Waals surface area (Å²) in [5.74, 6) is 2.26. The Morgan fingerprint density at radius 3 is 3.12 bits per heavy atom. The molecule has 16 heavy (non-hydrogen) atoms. The largest absolute Gasteiger partial charge is 0.367 e. The molecule has 0 radical (unpaired) electrons. The zero-order valence-corrected chi connectivity index (χ0v) is 10.8. The number of aryl methyl sites for hydroxylation is 1. The van der Waals surface area contributed by atoms with Crippen molar-refractivity contribution >= 4 is 17.6 Å². The first-order valence-corrected chi connectivity index (χ1v) is 7.29. The van der Waals surface area contributed by atoms with Crippen LogP contribution in [0, 0.1) is 0 Å². The molecular weight excluding hydrogens is 218 g/mol. The van der Waals surface area contributed by atoms with Gasteiger partial charge in [0.1, 0.15) is 12.1 Å². The standard InChI is InChI=1S/C12H19N3S/c1-9(6-7-16-2)15-12-10-4-3-5-11(10)13-8-14-12/h8-9H,3-7H2,1-2H3,(H,13,14,15). The molecule has 4 heteroatoms. The van der Waals surface area contributed by atoms with Crippen LogP contribution in [0.2, 0.25) is 0 Å². The molecule has 1 atom stereocenters. The van der Waals surface area contributed by atoms with Crippen LogP contribution in [-0.4, -0.2) is 28.0 Å². The first-order valence-electron chi connectivity index (χ1n) is 5.89. The van der Waals surface area contributed by atoms with Crippen molar-refractivity contribution in [2.45, 2.75) is 38.6 Å². The van der Waals surface area contributed by atoms with E-state index in [2.05, 4.69) is 28.5 Å². The quantitative estimate of drug-likeness (QED) is 0.854. The molecule has 0 amide bonds. The van der Waals surface area contributed by atoms with Gasteiger partial charge in [-0.3, -0.25) is 0 Å². The van der Waals surface area contributed by atoms with Gasteiger partial charge < -0.3 is 5.32 Å². The molecule has 0 bridgehead atoms. The molecule has 0 aliphatic heterocycles. The summed E-state index contributed by atoms with van der Waals surface area (Å²) in [5.41, 5.74) is 2.59. The van der Waals surface area contributed by atoms with Gasteiger partial charge in [-0.15, -0.1) is 0 Å². The average molecular weight is 237 g/mol. The van der Waals surface area contributed by atoms with Crippen LogP contribution in [-0.2, 0) is 12.8 Å². The highest BCUT2D eigenvalue weighted by atomic mass is 32.2. The summed E-state index contributed by atoms with van der Waals surface area (Å²) in [7, 11) is 0. The maximum Gasteiger partial charge on any atom is 0.133 e. The highest BCUT2D eigenvalue weighted by molar-refractivity contribution is 7.98. The number of thioether (sulfide) groups is 1. The molecule has 1 aliphatic rings. The lowest BCUT2D eigenvalue weighted by molar-refractivity contribution is 0.763. The lowest BCUT2D eigenvalue weighted by Gasteiger charge is -2.15. The van der Waals surface area contributed by atoms with Crippen molar-refractivity contribution in [3.63, 3.8) is 0 Å². The predicted molar refractivity (Wildman–Crippen MR) is 70.1 cm³/mol. The highest BCUT2D eigenvalue weighted by Gasteiger charge is 2.17. The molecule has 1 aliphatic carbocycles. The molecule has 3 nitrogen and oxygen atoms in total. The fourth-order valence-corrected chi connectivity index (χ4v) is 2.67. The van der Waals surface area contributed by atoms with E-state index in [9.17, 15) is 0 Å². The summed E-state index contributed by atoms with van der Waals surface area (Å²) < 4.78 is 0. The van der Waals surface area contributed by atoms with Gasteiger partial charge in [0.25, 0.3) is 0 Å². The number of hydrogen-bond donors (Lipinski definition) is 1. The molecular formula is C12H19N3S. The Balaban J connectivity index is 2.01. The third-order valence-corrected chi connectivity index (χ3v) is 3.66. The molecule has 0 saturated heterocycles. The lowest BCUT2D eigenvalue weighted by Crippen LogP contribution is -2.18. The molecule has 0 saturated carbocycles. The van der Waals surface area contributed by atoms with E-state index >= 15 is 0 Å². The van der Waals surface area contributed by atoms with Crippen LogP contribution in [0.3, 0.4) is 0 Å². The Labute approximate surface area is 101 Å². The average Bonchev–Trinajstić information content (AvgIpc) is 2.75. The van der Waals surface area contributed by atoms with E-state index in [1.165, 1.54) is 29.9 Å². The van der Waals surface area contributed by atoms with Gasteiger partial charge in [-0.25, -0.2) is 9.97 Å². The van der Waals surface area contributed by atoms with Crippen LogP contribution >= 0.6 is 11.8 Å². The third kappa shape index (κ3) is 2.67. The van der Waals surface area contributed by atoms with Gasteiger partial charge in [-0.05, 0) is 44.6 Å². The smallest absolute Gasteiger partial charge is 0.133 e. The highest BCUT2D eigenvalue weighted by Crippen LogP contribution is 2.25. The minimum Gasteiger partial charge on any atom is -0.367 e. The molecule has 2 rings (SSSR count). The van der Waals surface area contributed by atoms with Gasteiger partial charge in [0.15, 0.2) is 0 Å². The Morgan fingerprint density at radius 1 is 1.44 bits per heavy atom. The molecule has 1 aromatic heterocycles. The fourth-order valence-electron chi connectivity index (χ4n) is 2.08. The van der Waals surface area contributed by atoms with Crippen molar-refractivity contribution in [2.75, 3.05) is 17.3 Å². The second-order valence-corrected chi connectivity index (χ2v) is 5.31. The molecule has 1 unspecified atom stereocenters. The number of nitrogens with one attached hydrogen (secondary N) is 1. The maximum atomic E-state index is 4.37. The summed E-state index contributed by atoms with van der Waals surface area (Å²) in [6, 6.07) is 0.493. The molecule has 1 N–H and O–H groups in total. The number of anilines is 1. The van der Waals surface area contributed by atoms with E-state index in [0.717, 1.165) is 18.7 Å². The van der Waals surface area contributed by atoms with Crippen LogP contribution in [0.1, 0.15) is 31.0 Å². The van der Waals surface area contributed by atoms with Gasteiger partial charge in [0.2, 0.25) is 0 Å². The SMILES string of the molecule is CSCCC(C)Nc1ncnc2c1CCC2. The van der Waals surface area contributed by atoms with Gasteiger partial charge in [-0.2, -0.15) is 11.8 Å². The second kappa shape index (κ2) is 5.53. The topological polar surface area (TPSA) is 37.8 Å². The van der Waals surface area contributed by atoms with E-state index < -0.39 is 0 Å². The van der Waals surface area contributed by atoms with Crippen LogP contribution < -0.4 is 5.32 Å².